The molecule has 1 fully saturated rings. The molecule has 3 aromatic rings. The molecule has 0 aliphatic carbocycles. The van der Waals surface area contributed by atoms with E-state index in [2.05, 4.69) is 15.1 Å². The normalized spacial score (nSPS) is 14.1. The fourth-order valence-electron chi connectivity index (χ4n) is 4.30. The first-order chi connectivity index (χ1) is 18.1. The fraction of sp³-hybridized carbons (Fsp3) is 0.357. The quantitative estimate of drug-likeness (QED) is 0.444. The molecule has 0 saturated carbocycles. The maximum absolute atomic E-state index is 14.6. The first-order valence-electron chi connectivity index (χ1n) is 12.3. The Labute approximate surface area is 220 Å². The summed E-state index contributed by atoms with van der Waals surface area (Å²) in [6, 6.07) is 11.1. The van der Waals surface area contributed by atoms with E-state index in [1.807, 2.05) is 25.7 Å². The lowest BCUT2D eigenvalue weighted by Gasteiger charge is -2.33. The summed E-state index contributed by atoms with van der Waals surface area (Å²) in [6.07, 6.45) is 0.804. The molecule has 9 nitrogen and oxygen atoms in total. The lowest BCUT2D eigenvalue weighted by Crippen LogP contribution is -2.46. The van der Waals surface area contributed by atoms with E-state index in [-0.39, 0.29) is 22.9 Å². The maximum atomic E-state index is 14.6. The van der Waals surface area contributed by atoms with Gasteiger partial charge < -0.3 is 19.7 Å². The molecular weight excluding hydrogens is 489 g/mol. The number of ether oxygens (including phenoxy) is 2. The van der Waals surface area contributed by atoms with Crippen LogP contribution in [0.25, 0.3) is 27.2 Å². The smallest absolute Gasteiger partial charge is 0.407 e. The van der Waals surface area contributed by atoms with Crippen LogP contribution in [-0.2, 0) is 4.74 Å². The van der Waals surface area contributed by atoms with E-state index in [0.29, 0.717) is 54.4 Å². The molecule has 1 aromatic heterocycles. The molecule has 2 aromatic carbocycles. The zero-order chi connectivity index (χ0) is 27.4. The number of anilines is 1. The molecule has 38 heavy (non-hydrogen) atoms. The summed E-state index contributed by atoms with van der Waals surface area (Å²) in [4.78, 5) is 38.3. The molecule has 10 heteroatoms. The number of benzene rings is 2. The van der Waals surface area contributed by atoms with Crippen LogP contribution in [-0.4, -0.2) is 47.9 Å². The average Bonchev–Trinajstić information content (AvgIpc) is 2.87. The van der Waals surface area contributed by atoms with Crippen LogP contribution in [0, 0.1) is 12.4 Å². The molecule has 0 unspecified atom stereocenters. The van der Waals surface area contributed by atoms with Crippen molar-refractivity contribution < 1.29 is 18.7 Å². The zero-order valence-electron chi connectivity index (χ0n) is 21.8. The predicted octanol–water partition coefficient (Wildman–Crippen LogP) is 5.30. The van der Waals surface area contributed by atoms with Crippen molar-refractivity contribution in [3.05, 3.63) is 70.1 Å². The predicted molar refractivity (Wildman–Crippen MR) is 143 cm³/mol. The Balaban J connectivity index is 1.65. The van der Waals surface area contributed by atoms with Gasteiger partial charge in [0, 0.05) is 24.7 Å². The van der Waals surface area contributed by atoms with E-state index in [1.165, 1.54) is 12.1 Å². The summed E-state index contributed by atoms with van der Waals surface area (Å²) in [5, 5.41) is 2.90. The number of nitrogens with one attached hydrogen (secondary N) is 2. The monoisotopic (exact) mass is 519 g/mol. The Morgan fingerprint density at radius 3 is 2.39 bits per heavy atom. The van der Waals surface area contributed by atoms with Crippen LogP contribution < -0.4 is 20.5 Å². The second-order valence-electron chi connectivity index (χ2n) is 10.0. The fourth-order valence-corrected chi connectivity index (χ4v) is 4.30. The van der Waals surface area contributed by atoms with Crippen LogP contribution in [0.2, 0.25) is 0 Å². The molecule has 0 spiro atoms. The number of hydrogen-bond acceptors (Lipinski definition) is 6. The molecule has 1 saturated heterocycles. The van der Waals surface area contributed by atoms with Gasteiger partial charge in [-0.25, -0.2) is 19.0 Å². The standard InChI is InChI=1S/C28H30FN5O4/c1-28(2,3)38-27(36)31-19-12-14-34(15-13-19)26-32-24(18-8-11-22(30-4)21(29)16-18)23(25(35)33-26)17-6-9-20(37-5)10-7-17/h6-11,16,19H,12-15H2,1-3,5H3,(H,31,36)(H,32,33,35). The zero-order valence-corrected chi connectivity index (χ0v) is 21.8. The van der Waals surface area contributed by atoms with E-state index >= 15 is 0 Å². The highest BCUT2D eigenvalue weighted by atomic mass is 19.1. The second kappa shape index (κ2) is 10.9. The third-order valence-electron chi connectivity index (χ3n) is 6.14. The van der Waals surface area contributed by atoms with E-state index in [9.17, 15) is 14.0 Å². The van der Waals surface area contributed by atoms with Crippen molar-refractivity contribution >= 4 is 17.7 Å². The van der Waals surface area contributed by atoms with Crippen molar-refractivity contribution in [3.8, 4) is 28.1 Å². The molecule has 1 amide bonds. The molecule has 2 N–H and O–H groups in total. The Hall–Kier alpha value is -4.39. The van der Waals surface area contributed by atoms with Crippen LogP contribution in [0.1, 0.15) is 33.6 Å². The number of alkyl carbamates (subject to hydrolysis) is 1. The summed E-state index contributed by atoms with van der Waals surface area (Å²) in [5.74, 6) is 0.301. The topological polar surface area (TPSA) is 101 Å². The second-order valence-corrected chi connectivity index (χ2v) is 10.0. The van der Waals surface area contributed by atoms with Gasteiger partial charge in [0.2, 0.25) is 11.6 Å². The average molecular weight is 520 g/mol. The Bertz CT molecular complexity index is 1420. The summed E-state index contributed by atoms with van der Waals surface area (Å²) in [5.41, 5.74) is 0.503. The van der Waals surface area contributed by atoms with Crippen LogP contribution >= 0.6 is 0 Å². The van der Waals surface area contributed by atoms with E-state index in [0.717, 1.165) is 0 Å². The number of hydrogen-bond donors (Lipinski definition) is 2. The molecule has 1 aliphatic heterocycles. The van der Waals surface area contributed by atoms with Crippen molar-refractivity contribution in [1.29, 1.82) is 0 Å². The first kappa shape index (κ1) is 26.7. The molecule has 198 valence electrons. The molecule has 0 bridgehead atoms. The lowest BCUT2D eigenvalue weighted by molar-refractivity contribution is 0.0497. The summed E-state index contributed by atoms with van der Waals surface area (Å²) < 4.78 is 25.1. The van der Waals surface area contributed by atoms with Gasteiger partial charge in [0.25, 0.3) is 5.56 Å². The highest BCUT2D eigenvalue weighted by molar-refractivity contribution is 5.81. The van der Waals surface area contributed by atoms with Crippen LogP contribution in [0.5, 0.6) is 5.75 Å². The van der Waals surface area contributed by atoms with E-state index in [4.69, 9.17) is 21.0 Å². The number of carbonyl (C=O) groups excluding carboxylic acids is 1. The highest BCUT2D eigenvalue weighted by Gasteiger charge is 2.26. The van der Waals surface area contributed by atoms with E-state index in [1.54, 1.807) is 37.4 Å². The number of piperidine rings is 1. The number of carbonyl (C=O) groups is 1. The summed E-state index contributed by atoms with van der Waals surface area (Å²) in [7, 11) is 1.55. The van der Waals surface area contributed by atoms with Crippen LogP contribution in [0.15, 0.2) is 47.3 Å². The SMILES string of the molecule is [C-]#[N+]c1ccc(-c2nc(N3CCC(NC(=O)OC(C)(C)C)CC3)[nH]c(=O)c2-c2ccc(OC)cc2)cc1F. The van der Waals surface area contributed by atoms with Gasteiger partial charge in [0.15, 0.2) is 0 Å². The number of halogens is 1. The number of H-pyrrole nitrogens is 1. The van der Waals surface area contributed by atoms with Crippen molar-refractivity contribution in [1.82, 2.24) is 15.3 Å². The molecule has 0 atom stereocenters. The third kappa shape index (κ3) is 6.11. The first-order valence-corrected chi connectivity index (χ1v) is 12.3. The molecular formula is C28H30FN5O4. The number of nitrogens with zero attached hydrogens (tertiary/aromatic N) is 3. The molecule has 4 rings (SSSR count). The Morgan fingerprint density at radius 2 is 1.82 bits per heavy atom. The van der Waals surface area contributed by atoms with Crippen molar-refractivity contribution in [3.63, 3.8) is 0 Å². The van der Waals surface area contributed by atoms with Gasteiger partial charge in [-0.05, 0) is 57.4 Å². The number of rotatable bonds is 5. The van der Waals surface area contributed by atoms with Gasteiger partial charge in [-0.2, -0.15) is 0 Å². The number of amides is 1. The van der Waals surface area contributed by atoms with Gasteiger partial charge in [-0.1, -0.05) is 24.3 Å². The van der Waals surface area contributed by atoms with Gasteiger partial charge in [0.1, 0.15) is 17.2 Å². The summed E-state index contributed by atoms with van der Waals surface area (Å²) >= 11 is 0. The minimum Gasteiger partial charge on any atom is -0.497 e. The van der Waals surface area contributed by atoms with Crippen molar-refractivity contribution in [2.45, 2.75) is 45.3 Å². The van der Waals surface area contributed by atoms with Crippen LogP contribution in [0.4, 0.5) is 20.8 Å². The number of aromatic nitrogens is 2. The minimum atomic E-state index is -0.684. The lowest BCUT2D eigenvalue weighted by atomic mass is 10.00. The van der Waals surface area contributed by atoms with Crippen LogP contribution in [0.3, 0.4) is 0 Å². The molecule has 2 heterocycles. The van der Waals surface area contributed by atoms with Gasteiger partial charge in [-0.15, -0.1) is 0 Å². The number of aromatic amines is 1. The van der Waals surface area contributed by atoms with Gasteiger partial charge in [0.05, 0.1) is 24.9 Å². The summed E-state index contributed by atoms with van der Waals surface area (Å²) in [6.45, 7) is 13.6. The van der Waals surface area contributed by atoms with Crippen molar-refractivity contribution in [2.24, 2.45) is 0 Å². The maximum Gasteiger partial charge on any atom is 0.407 e. The molecule has 1 aliphatic rings. The van der Waals surface area contributed by atoms with Gasteiger partial charge >= 0.3 is 6.09 Å². The Morgan fingerprint density at radius 1 is 1.16 bits per heavy atom. The number of methoxy groups -OCH3 is 1. The highest BCUT2D eigenvalue weighted by Crippen LogP contribution is 2.32. The largest absolute Gasteiger partial charge is 0.497 e. The van der Waals surface area contributed by atoms with Crippen molar-refractivity contribution in [2.75, 3.05) is 25.1 Å². The minimum absolute atomic E-state index is 0.0684. The van der Waals surface area contributed by atoms with Gasteiger partial charge in [-0.3, -0.25) is 9.78 Å². The molecule has 0 radical (unpaired) electrons. The third-order valence-corrected chi connectivity index (χ3v) is 6.14. The Kier molecular flexibility index (Phi) is 7.67. The van der Waals surface area contributed by atoms with E-state index < -0.39 is 17.5 Å².